The molecule has 2 amide bonds. The van der Waals surface area contributed by atoms with Crippen LogP contribution in [0.1, 0.15) is 17.9 Å². The quantitative estimate of drug-likeness (QED) is 0.127. The number of rotatable bonds is 14. The Kier molecular flexibility index (Phi) is 10.2. The third-order valence-electron chi connectivity index (χ3n) is 7.16. The fraction of sp³-hybridized carbons (Fsp3) is 0.212. The summed E-state index contributed by atoms with van der Waals surface area (Å²) < 4.78 is 13.6. The van der Waals surface area contributed by atoms with Crippen LogP contribution in [0.5, 0.6) is 0 Å². The van der Waals surface area contributed by atoms with Gasteiger partial charge in [-0.05, 0) is 55.0 Å². The predicted molar refractivity (Wildman–Crippen MR) is 179 cm³/mol. The monoisotopic (exact) mass is 670 g/mol. The molecule has 0 unspecified atom stereocenters. The molecule has 0 saturated carbocycles. The second-order valence-corrected chi connectivity index (χ2v) is 12.3. The van der Waals surface area contributed by atoms with Crippen LogP contribution >= 0.6 is 23.5 Å². The van der Waals surface area contributed by atoms with E-state index in [4.69, 9.17) is 18.8 Å². The van der Waals surface area contributed by atoms with Crippen molar-refractivity contribution in [3.8, 4) is 0 Å². The molecule has 6 aromatic rings. The molecular weight excluding hydrogens is 641 g/mol. The van der Waals surface area contributed by atoms with Gasteiger partial charge in [0.25, 0.3) is 11.1 Å². The number of para-hydroxylation sites is 2. The summed E-state index contributed by atoms with van der Waals surface area (Å²) in [6.45, 7) is 0.982. The number of thioether (sulfide) groups is 2. The zero-order valence-electron chi connectivity index (χ0n) is 25.1. The van der Waals surface area contributed by atoms with Gasteiger partial charge in [0.1, 0.15) is 11.5 Å². The Labute approximate surface area is 276 Å². The minimum absolute atomic E-state index is 0.0440. The van der Waals surface area contributed by atoms with Crippen molar-refractivity contribution >= 4 is 57.1 Å². The van der Waals surface area contributed by atoms with Crippen molar-refractivity contribution in [3.63, 3.8) is 0 Å². The summed E-state index contributed by atoms with van der Waals surface area (Å²) >= 11 is 2.33. The van der Waals surface area contributed by atoms with E-state index in [-0.39, 0.29) is 60.6 Å². The molecule has 2 N–H and O–H groups in total. The first kappa shape index (κ1) is 31.9. The molecule has 2 aromatic carbocycles. The van der Waals surface area contributed by atoms with Crippen LogP contribution in [0.25, 0.3) is 21.8 Å². The fourth-order valence-electron chi connectivity index (χ4n) is 4.86. The Morgan fingerprint density at radius 1 is 0.638 bits per heavy atom. The van der Waals surface area contributed by atoms with Crippen LogP contribution in [0.3, 0.4) is 0 Å². The maximum absolute atomic E-state index is 13.6. The summed E-state index contributed by atoms with van der Waals surface area (Å²) in [7, 11) is 0. The lowest BCUT2D eigenvalue weighted by molar-refractivity contribution is -0.119. The molecule has 6 rings (SSSR count). The van der Waals surface area contributed by atoms with Crippen molar-refractivity contribution in [3.05, 3.63) is 118 Å². The Balaban J connectivity index is 1.19. The molecule has 0 fully saturated rings. The Morgan fingerprint density at radius 2 is 1.09 bits per heavy atom. The standard InChI is InChI=1S/C33H30N6O6S2/c40-28(34-18-22-8-5-16-44-22)20-46-32-36-26-12-3-1-10-24(26)30(42)38(32)14-7-15-39-31(43)25-11-2-4-13-27(25)37-33(39)47-21-29(41)35-19-23-9-6-17-45-23/h1-6,8-13,16-17H,7,14-15,18-21H2,(H,34,40)(H,35,41). The Morgan fingerprint density at radius 3 is 1.51 bits per heavy atom. The average Bonchev–Trinajstić information content (AvgIpc) is 3.82. The number of aromatic nitrogens is 4. The number of benzene rings is 2. The summed E-state index contributed by atoms with van der Waals surface area (Å²) in [6.07, 6.45) is 3.47. The minimum atomic E-state index is -0.235. The molecule has 240 valence electrons. The normalized spacial score (nSPS) is 11.2. The van der Waals surface area contributed by atoms with E-state index in [1.807, 2.05) is 0 Å². The van der Waals surface area contributed by atoms with Crippen LogP contribution in [0.2, 0.25) is 0 Å². The van der Waals surface area contributed by atoms with Gasteiger partial charge < -0.3 is 19.5 Å². The van der Waals surface area contributed by atoms with Crippen molar-refractivity contribution in [1.29, 1.82) is 0 Å². The zero-order valence-corrected chi connectivity index (χ0v) is 26.7. The molecule has 0 radical (unpaired) electrons. The van der Waals surface area contributed by atoms with Crippen molar-refractivity contribution in [2.45, 2.75) is 42.9 Å². The molecule has 4 aromatic heterocycles. The van der Waals surface area contributed by atoms with Gasteiger partial charge in [-0.1, -0.05) is 47.8 Å². The minimum Gasteiger partial charge on any atom is -0.467 e. The van der Waals surface area contributed by atoms with Gasteiger partial charge in [0.05, 0.1) is 58.9 Å². The van der Waals surface area contributed by atoms with Crippen molar-refractivity contribution in [2.24, 2.45) is 0 Å². The van der Waals surface area contributed by atoms with Gasteiger partial charge in [0.15, 0.2) is 10.3 Å². The van der Waals surface area contributed by atoms with E-state index in [1.165, 1.54) is 0 Å². The number of fused-ring (bicyclic) bond motifs is 2. The highest BCUT2D eigenvalue weighted by atomic mass is 32.2. The fourth-order valence-corrected chi connectivity index (χ4v) is 6.57. The number of carbonyl (C=O) groups excluding carboxylic acids is 2. The van der Waals surface area contributed by atoms with E-state index in [0.717, 1.165) is 23.5 Å². The van der Waals surface area contributed by atoms with Crippen LogP contribution in [0.15, 0.2) is 114 Å². The third-order valence-corrected chi connectivity index (χ3v) is 9.11. The molecule has 47 heavy (non-hydrogen) atoms. The summed E-state index contributed by atoms with van der Waals surface area (Å²) in [5.41, 5.74) is 0.596. The summed E-state index contributed by atoms with van der Waals surface area (Å²) in [5, 5.41) is 7.32. The lowest BCUT2D eigenvalue weighted by Crippen LogP contribution is -2.29. The largest absolute Gasteiger partial charge is 0.467 e. The topological polar surface area (TPSA) is 154 Å². The molecule has 0 aliphatic carbocycles. The first-order valence-electron chi connectivity index (χ1n) is 14.8. The zero-order chi connectivity index (χ0) is 32.6. The van der Waals surface area contributed by atoms with Crippen molar-refractivity contribution in [1.82, 2.24) is 29.7 Å². The predicted octanol–water partition coefficient (Wildman–Crippen LogP) is 4.20. The SMILES string of the molecule is O=C(CSc1nc2ccccc2c(=O)n1CCCn1c(SCC(=O)NCc2ccco2)nc2ccccc2c1=O)NCc1ccco1. The van der Waals surface area contributed by atoms with Gasteiger partial charge in [0.2, 0.25) is 11.8 Å². The van der Waals surface area contributed by atoms with Gasteiger partial charge >= 0.3 is 0 Å². The van der Waals surface area contributed by atoms with Gasteiger partial charge in [-0.15, -0.1) is 0 Å². The van der Waals surface area contributed by atoms with E-state index in [1.54, 1.807) is 94.5 Å². The lowest BCUT2D eigenvalue weighted by atomic mass is 10.2. The second-order valence-electron chi connectivity index (χ2n) is 10.4. The molecule has 0 aliphatic rings. The van der Waals surface area contributed by atoms with E-state index >= 15 is 0 Å². The number of amides is 2. The van der Waals surface area contributed by atoms with Crippen LogP contribution < -0.4 is 21.8 Å². The second kappa shape index (κ2) is 15.0. The Bertz CT molecular complexity index is 1970. The van der Waals surface area contributed by atoms with Crippen molar-refractivity contribution < 1.29 is 18.4 Å². The van der Waals surface area contributed by atoms with E-state index in [9.17, 15) is 19.2 Å². The smallest absolute Gasteiger partial charge is 0.262 e. The number of hydrogen-bond donors (Lipinski definition) is 2. The Hall–Kier alpha value is -5.08. The van der Waals surface area contributed by atoms with Gasteiger partial charge in [-0.25, -0.2) is 9.97 Å². The highest BCUT2D eigenvalue weighted by Crippen LogP contribution is 2.20. The highest BCUT2D eigenvalue weighted by Gasteiger charge is 2.16. The molecule has 0 aliphatic heterocycles. The van der Waals surface area contributed by atoms with E-state index in [2.05, 4.69) is 10.6 Å². The molecule has 4 heterocycles. The van der Waals surface area contributed by atoms with Crippen LogP contribution in [0, 0.1) is 0 Å². The molecular formula is C33H30N6O6S2. The maximum Gasteiger partial charge on any atom is 0.262 e. The third kappa shape index (κ3) is 7.84. The van der Waals surface area contributed by atoms with Crippen LogP contribution in [0.4, 0.5) is 0 Å². The summed E-state index contributed by atoms with van der Waals surface area (Å²) in [5.74, 6) is 0.891. The van der Waals surface area contributed by atoms with Crippen LogP contribution in [-0.4, -0.2) is 42.4 Å². The summed E-state index contributed by atoms with van der Waals surface area (Å²) in [4.78, 5) is 61.8. The first-order chi connectivity index (χ1) is 23.0. The average molecular weight is 671 g/mol. The van der Waals surface area contributed by atoms with E-state index < -0.39 is 0 Å². The van der Waals surface area contributed by atoms with Gasteiger partial charge in [-0.3, -0.25) is 28.3 Å². The van der Waals surface area contributed by atoms with Crippen LogP contribution in [-0.2, 0) is 35.8 Å². The number of furan rings is 2. The van der Waals surface area contributed by atoms with Crippen molar-refractivity contribution in [2.75, 3.05) is 11.5 Å². The summed E-state index contributed by atoms with van der Waals surface area (Å²) in [6, 6.07) is 21.2. The van der Waals surface area contributed by atoms with E-state index in [0.29, 0.717) is 50.1 Å². The molecule has 0 atom stereocenters. The lowest BCUT2D eigenvalue weighted by Gasteiger charge is -2.15. The molecule has 0 spiro atoms. The molecule has 12 nitrogen and oxygen atoms in total. The number of nitrogens with zero attached hydrogens (tertiary/aromatic N) is 4. The highest BCUT2D eigenvalue weighted by molar-refractivity contribution is 8.00. The number of carbonyl (C=O) groups is 2. The van der Waals surface area contributed by atoms with Gasteiger partial charge in [0, 0.05) is 13.1 Å². The number of hydrogen-bond acceptors (Lipinski definition) is 10. The number of nitrogens with one attached hydrogen (secondary N) is 2. The first-order valence-corrected chi connectivity index (χ1v) is 16.8. The molecule has 0 bridgehead atoms. The van der Waals surface area contributed by atoms with Gasteiger partial charge in [-0.2, -0.15) is 0 Å². The molecule has 0 saturated heterocycles. The molecule has 14 heteroatoms. The maximum atomic E-state index is 13.6.